The Bertz CT molecular complexity index is 1460. The Morgan fingerprint density at radius 2 is 1.70 bits per heavy atom. The van der Waals surface area contributed by atoms with Gasteiger partial charge in [-0.15, -0.1) is 0 Å². The number of sulfonamides is 1. The number of carbonyl (C=O) groups excluding carboxylic acids is 2. The smallest absolute Gasteiger partial charge is 0.243 e. The molecule has 2 atom stereocenters. The van der Waals surface area contributed by atoms with E-state index >= 15 is 0 Å². The average Bonchev–Trinajstić information content (AvgIpc) is 3.35. The number of para-hydroxylation sites is 1. The Labute approximate surface area is 256 Å². The van der Waals surface area contributed by atoms with Gasteiger partial charge in [0.1, 0.15) is 6.04 Å². The van der Waals surface area contributed by atoms with Crippen LogP contribution in [-0.2, 0) is 26.0 Å². The van der Waals surface area contributed by atoms with Crippen LogP contribution in [0.4, 0.5) is 0 Å². The second-order valence-corrected chi connectivity index (χ2v) is 14.6. The van der Waals surface area contributed by atoms with Gasteiger partial charge < -0.3 is 20.7 Å². The van der Waals surface area contributed by atoms with Crippen molar-refractivity contribution in [2.24, 2.45) is 11.3 Å². The van der Waals surface area contributed by atoms with Gasteiger partial charge in [0, 0.05) is 48.1 Å². The predicted molar refractivity (Wildman–Crippen MR) is 171 cm³/mol. The zero-order valence-electron chi connectivity index (χ0n) is 26.3. The number of aliphatic hydroxyl groups excluding tert-OH is 1. The molecular formula is C33H48N4O5S. The molecule has 1 heterocycles. The number of amides is 2. The third-order valence-electron chi connectivity index (χ3n) is 7.46. The molecule has 0 bridgehead atoms. The third-order valence-corrected chi connectivity index (χ3v) is 9.39. The van der Waals surface area contributed by atoms with Crippen molar-refractivity contribution in [2.75, 3.05) is 19.7 Å². The van der Waals surface area contributed by atoms with E-state index in [1.165, 1.54) is 4.31 Å². The summed E-state index contributed by atoms with van der Waals surface area (Å²) in [5, 5.41) is 17.1. The van der Waals surface area contributed by atoms with Gasteiger partial charge in [0.15, 0.2) is 0 Å². The number of hydrogen-bond acceptors (Lipinski definition) is 5. The summed E-state index contributed by atoms with van der Waals surface area (Å²) in [4.78, 5) is 29.6. The van der Waals surface area contributed by atoms with Crippen molar-refractivity contribution in [3.05, 3.63) is 65.9 Å². The van der Waals surface area contributed by atoms with Crippen LogP contribution in [0, 0.1) is 18.3 Å². The van der Waals surface area contributed by atoms with Gasteiger partial charge in [-0.2, -0.15) is 4.31 Å². The molecule has 43 heavy (non-hydrogen) atoms. The molecule has 0 spiro atoms. The summed E-state index contributed by atoms with van der Waals surface area (Å²) >= 11 is 0. The highest BCUT2D eigenvalue weighted by Gasteiger charge is 2.32. The molecule has 0 radical (unpaired) electrons. The maximum atomic E-state index is 13.5. The Hall–Kier alpha value is -3.21. The number of aromatic amines is 1. The molecule has 9 nitrogen and oxygen atoms in total. The fourth-order valence-electron chi connectivity index (χ4n) is 4.92. The molecule has 0 aliphatic rings. The molecule has 0 aliphatic heterocycles. The van der Waals surface area contributed by atoms with Gasteiger partial charge in [-0.05, 0) is 49.4 Å². The SMILES string of the molecule is Cc1ccc(S(=O)(=O)N(CC(C)C)[C@H](CO)CCCCNC(=O)[C@H](Cc2c[nH]c3ccccc23)NC(=O)C(C)(C)C)cc1. The number of aryl methyl sites for hydroxylation is 1. The molecule has 0 fully saturated rings. The van der Waals surface area contributed by atoms with E-state index in [0.717, 1.165) is 22.0 Å². The summed E-state index contributed by atoms with van der Waals surface area (Å²) in [5.41, 5.74) is 2.22. The summed E-state index contributed by atoms with van der Waals surface area (Å²) in [7, 11) is -3.80. The molecule has 1 aromatic heterocycles. The Morgan fingerprint density at radius 1 is 1.02 bits per heavy atom. The lowest BCUT2D eigenvalue weighted by molar-refractivity contribution is -0.133. The number of fused-ring (bicyclic) bond motifs is 1. The van der Waals surface area contributed by atoms with Gasteiger partial charge in [0.25, 0.3) is 0 Å². The highest BCUT2D eigenvalue weighted by molar-refractivity contribution is 7.89. The molecule has 0 unspecified atom stereocenters. The van der Waals surface area contributed by atoms with Gasteiger partial charge in [-0.3, -0.25) is 9.59 Å². The maximum Gasteiger partial charge on any atom is 0.243 e. The molecule has 3 aromatic rings. The average molecular weight is 613 g/mol. The molecule has 0 aliphatic carbocycles. The van der Waals surface area contributed by atoms with E-state index in [9.17, 15) is 23.1 Å². The first-order valence-electron chi connectivity index (χ1n) is 15.1. The highest BCUT2D eigenvalue weighted by atomic mass is 32.2. The first-order valence-corrected chi connectivity index (χ1v) is 16.5. The topological polar surface area (TPSA) is 132 Å². The number of unbranched alkanes of at least 4 members (excludes halogenated alkanes) is 1. The molecule has 236 valence electrons. The Balaban J connectivity index is 1.63. The van der Waals surface area contributed by atoms with Crippen LogP contribution in [-0.4, -0.2) is 66.4 Å². The van der Waals surface area contributed by atoms with Crippen molar-refractivity contribution in [1.82, 2.24) is 19.9 Å². The zero-order valence-corrected chi connectivity index (χ0v) is 27.1. The lowest BCUT2D eigenvalue weighted by Gasteiger charge is -2.31. The second-order valence-electron chi connectivity index (χ2n) is 12.7. The molecule has 0 saturated heterocycles. The van der Waals surface area contributed by atoms with Gasteiger partial charge in [0.05, 0.1) is 11.5 Å². The minimum absolute atomic E-state index is 0.0750. The van der Waals surface area contributed by atoms with Gasteiger partial charge in [0.2, 0.25) is 21.8 Å². The second kappa shape index (κ2) is 15.0. The number of benzene rings is 2. The van der Waals surface area contributed by atoms with E-state index < -0.39 is 27.5 Å². The quantitative estimate of drug-likeness (QED) is 0.187. The van der Waals surface area contributed by atoms with Crippen LogP contribution >= 0.6 is 0 Å². The number of carbonyl (C=O) groups is 2. The minimum Gasteiger partial charge on any atom is -0.395 e. The van der Waals surface area contributed by atoms with Crippen LogP contribution in [0.25, 0.3) is 10.9 Å². The zero-order chi connectivity index (χ0) is 31.8. The van der Waals surface area contributed by atoms with E-state index in [-0.39, 0.29) is 29.2 Å². The summed E-state index contributed by atoms with van der Waals surface area (Å²) in [6.45, 7) is 11.6. The molecule has 10 heteroatoms. The first-order chi connectivity index (χ1) is 20.2. The Kier molecular flexibility index (Phi) is 12.0. The predicted octanol–water partition coefficient (Wildman–Crippen LogP) is 4.54. The minimum atomic E-state index is -3.80. The van der Waals surface area contributed by atoms with Crippen molar-refractivity contribution in [2.45, 2.75) is 84.2 Å². The molecule has 4 N–H and O–H groups in total. The summed E-state index contributed by atoms with van der Waals surface area (Å²) in [6.07, 6.45) is 3.85. The van der Waals surface area contributed by atoms with Crippen LogP contribution in [0.3, 0.4) is 0 Å². The van der Waals surface area contributed by atoms with Crippen LogP contribution in [0.2, 0.25) is 0 Å². The number of aromatic nitrogens is 1. The normalized spacial score (nSPS) is 13.8. The molecule has 2 aromatic carbocycles. The van der Waals surface area contributed by atoms with Crippen molar-refractivity contribution in [1.29, 1.82) is 0 Å². The van der Waals surface area contributed by atoms with E-state index in [1.807, 2.05) is 72.0 Å². The number of rotatable bonds is 15. The molecular weight excluding hydrogens is 564 g/mol. The number of hydrogen-bond donors (Lipinski definition) is 4. The summed E-state index contributed by atoms with van der Waals surface area (Å²) < 4.78 is 28.5. The van der Waals surface area contributed by atoms with Crippen LogP contribution in [0.1, 0.15) is 65.0 Å². The van der Waals surface area contributed by atoms with Crippen LogP contribution in [0.5, 0.6) is 0 Å². The van der Waals surface area contributed by atoms with E-state index in [1.54, 1.807) is 24.3 Å². The fourth-order valence-corrected chi connectivity index (χ4v) is 6.73. The van der Waals surface area contributed by atoms with Crippen molar-refractivity contribution >= 4 is 32.7 Å². The lowest BCUT2D eigenvalue weighted by Crippen LogP contribution is -2.51. The summed E-state index contributed by atoms with van der Waals surface area (Å²) in [5.74, 6) is -0.408. The number of nitrogens with zero attached hydrogens (tertiary/aromatic N) is 1. The van der Waals surface area contributed by atoms with E-state index in [4.69, 9.17) is 0 Å². The standard InChI is InChI=1S/C33H48N4O5S/c1-23(2)21-37(43(41,42)27-16-14-24(3)15-17-27)26(22-38)11-9-10-18-34-31(39)30(36-32(40)33(4,5)6)19-25-20-35-29-13-8-7-12-28(25)29/h7-8,12-17,20,23,26,30,35,38H,9-11,18-19,21-22H2,1-6H3,(H,34,39)(H,36,40)/t26-,30-/m0/s1. The molecule has 0 saturated carbocycles. The fraction of sp³-hybridized carbons (Fsp3) is 0.515. The number of H-pyrrole nitrogens is 1. The summed E-state index contributed by atoms with van der Waals surface area (Å²) in [6, 6.07) is 13.3. The van der Waals surface area contributed by atoms with Crippen molar-refractivity contribution < 1.29 is 23.1 Å². The first kappa shape index (κ1) is 34.3. The van der Waals surface area contributed by atoms with E-state index in [0.29, 0.717) is 38.8 Å². The van der Waals surface area contributed by atoms with Gasteiger partial charge >= 0.3 is 0 Å². The highest BCUT2D eigenvalue weighted by Crippen LogP contribution is 2.23. The van der Waals surface area contributed by atoms with E-state index in [2.05, 4.69) is 15.6 Å². The maximum absolute atomic E-state index is 13.5. The monoisotopic (exact) mass is 612 g/mol. The largest absolute Gasteiger partial charge is 0.395 e. The molecule has 2 amide bonds. The van der Waals surface area contributed by atoms with Crippen LogP contribution in [0.15, 0.2) is 59.6 Å². The van der Waals surface area contributed by atoms with Crippen molar-refractivity contribution in [3.63, 3.8) is 0 Å². The van der Waals surface area contributed by atoms with Crippen LogP contribution < -0.4 is 10.6 Å². The third kappa shape index (κ3) is 9.39. The Morgan fingerprint density at radius 3 is 2.33 bits per heavy atom. The van der Waals surface area contributed by atoms with Gasteiger partial charge in [-0.1, -0.05) is 76.9 Å². The molecule has 3 rings (SSSR count). The van der Waals surface area contributed by atoms with Gasteiger partial charge in [-0.25, -0.2) is 8.42 Å². The van der Waals surface area contributed by atoms with Crippen molar-refractivity contribution in [3.8, 4) is 0 Å². The number of aliphatic hydroxyl groups is 1. The number of nitrogens with one attached hydrogen (secondary N) is 3. The lowest BCUT2D eigenvalue weighted by atomic mass is 9.94.